The van der Waals surface area contributed by atoms with Gasteiger partial charge in [0.1, 0.15) is 5.75 Å². The zero-order chi connectivity index (χ0) is 14.0. The number of benzene rings is 1. The van der Waals surface area contributed by atoms with E-state index in [0.717, 1.165) is 0 Å². The number of rotatable bonds is 4. The number of esters is 1. The second kappa shape index (κ2) is 5.27. The molecule has 1 aliphatic rings. The quantitative estimate of drug-likeness (QED) is 0.786. The molecule has 1 amide bonds. The first-order valence-corrected chi connectivity index (χ1v) is 5.92. The van der Waals surface area contributed by atoms with Gasteiger partial charge < -0.3 is 19.9 Å². The van der Waals surface area contributed by atoms with Crippen molar-refractivity contribution in [3.63, 3.8) is 0 Å². The number of methoxy groups -OCH3 is 1. The molecule has 6 heteroatoms. The molecular formula is C13H15NO5. The average molecular weight is 265 g/mol. The first-order valence-electron chi connectivity index (χ1n) is 5.92. The molecule has 0 aliphatic carbocycles. The van der Waals surface area contributed by atoms with Gasteiger partial charge in [-0.05, 0) is 24.6 Å². The molecule has 6 nitrogen and oxygen atoms in total. The van der Waals surface area contributed by atoms with E-state index in [-0.39, 0.29) is 18.9 Å². The molecular weight excluding hydrogens is 250 g/mol. The molecule has 0 saturated carbocycles. The van der Waals surface area contributed by atoms with Gasteiger partial charge in [0, 0.05) is 5.56 Å². The lowest BCUT2D eigenvalue weighted by Crippen LogP contribution is -2.17. The summed E-state index contributed by atoms with van der Waals surface area (Å²) in [4.78, 5) is 23.0. The highest BCUT2D eigenvalue weighted by atomic mass is 16.5. The van der Waals surface area contributed by atoms with E-state index in [1.54, 1.807) is 13.0 Å². The molecule has 102 valence electrons. The Bertz CT molecular complexity index is 526. The van der Waals surface area contributed by atoms with Gasteiger partial charge in [-0.15, -0.1) is 0 Å². The van der Waals surface area contributed by atoms with Crippen molar-refractivity contribution in [2.45, 2.75) is 19.4 Å². The molecule has 1 atom stereocenters. The van der Waals surface area contributed by atoms with Gasteiger partial charge >= 0.3 is 5.97 Å². The molecule has 1 heterocycles. The number of fused-ring (bicyclic) bond motifs is 1. The van der Waals surface area contributed by atoms with Gasteiger partial charge in [-0.1, -0.05) is 0 Å². The van der Waals surface area contributed by atoms with Crippen LogP contribution >= 0.6 is 0 Å². The SMILES string of the molecule is CCOC(=O)C(O)c1cc(OC)cc2c1NC(=O)C2. The Morgan fingerprint density at radius 3 is 2.89 bits per heavy atom. The summed E-state index contributed by atoms with van der Waals surface area (Å²) in [6, 6.07) is 3.22. The third-order valence-corrected chi connectivity index (χ3v) is 2.88. The van der Waals surface area contributed by atoms with Crippen molar-refractivity contribution in [3.05, 3.63) is 23.3 Å². The Morgan fingerprint density at radius 2 is 2.26 bits per heavy atom. The molecule has 0 saturated heterocycles. The fraction of sp³-hybridized carbons (Fsp3) is 0.385. The minimum atomic E-state index is -1.44. The van der Waals surface area contributed by atoms with E-state index < -0.39 is 12.1 Å². The first-order chi connectivity index (χ1) is 9.06. The summed E-state index contributed by atoms with van der Waals surface area (Å²) >= 11 is 0. The molecule has 2 N–H and O–H groups in total. The summed E-state index contributed by atoms with van der Waals surface area (Å²) in [7, 11) is 1.48. The van der Waals surface area contributed by atoms with E-state index >= 15 is 0 Å². The number of carbonyl (C=O) groups is 2. The van der Waals surface area contributed by atoms with Crippen molar-refractivity contribution in [1.82, 2.24) is 0 Å². The Balaban J connectivity index is 2.42. The summed E-state index contributed by atoms with van der Waals surface area (Å²) in [6.07, 6.45) is -1.24. The van der Waals surface area contributed by atoms with Crippen LogP contribution in [0.15, 0.2) is 12.1 Å². The second-order valence-electron chi connectivity index (χ2n) is 4.13. The van der Waals surface area contributed by atoms with Gasteiger partial charge in [-0.3, -0.25) is 4.79 Å². The van der Waals surface area contributed by atoms with Crippen LogP contribution in [0.3, 0.4) is 0 Å². The lowest BCUT2D eigenvalue weighted by molar-refractivity contribution is -0.153. The van der Waals surface area contributed by atoms with Crippen molar-refractivity contribution in [3.8, 4) is 5.75 Å². The second-order valence-corrected chi connectivity index (χ2v) is 4.13. The van der Waals surface area contributed by atoms with Gasteiger partial charge in [0.2, 0.25) is 5.91 Å². The van der Waals surface area contributed by atoms with E-state index in [9.17, 15) is 14.7 Å². The van der Waals surface area contributed by atoms with Gasteiger partial charge in [-0.2, -0.15) is 0 Å². The molecule has 1 aliphatic heterocycles. The highest BCUT2D eigenvalue weighted by Gasteiger charge is 2.29. The Hall–Kier alpha value is -2.08. The average Bonchev–Trinajstić information content (AvgIpc) is 2.76. The van der Waals surface area contributed by atoms with Crippen LogP contribution in [0.1, 0.15) is 24.2 Å². The van der Waals surface area contributed by atoms with Crippen molar-refractivity contribution in [1.29, 1.82) is 0 Å². The van der Waals surface area contributed by atoms with E-state index in [4.69, 9.17) is 9.47 Å². The molecule has 0 fully saturated rings. The topological polar surface area (TPSA) is 84.9 Å². The minimum absolute atomic E-state index is 0.175. The number of aliphatic hydroxyl groups excluding tert-OH is 1. The van der Waals surface area contributed by atoms with E-state index in [1.165, 1.54) is 13.2 Å². The monoisotopic (exact) mass is 265 g/mol. The van der Waals surface area contributed by atoms with Crippen molar-refractivity contribution in [2.24, 2.45) is 0 Å². The highest BCUT2D eigenvalue weighted by Crippen LogP contribution is 2.35. The van der Waals surface area contributed by atoms with Crippen molar-refractivity contribution >= 4 is 17.6 Å². The molecule has 1 aromatic rings. The number of amides is 1. The highest BCUT2D eigenvalue weighted by molar-refractivity contribution is 6.01. The molecule has 0 aromatic heterocycles. The number of hydrogen-bond acceptors (Lipinski definition) is 5. The molecule has 0 bridgehead atoms. The van der Waals surface area contributed by atoms with Crippen LogP contribution in [0.25, 0.3) is 0 Å². The summed E-state index contributed by atoms with van der Waals surface area (Å²) in [6.45, 7) is 1.83. The summed E-state index contributed by atoms with van der Waals surface area (Å²) < 4.78 is 9.88. The third-order valence-electron chi connectivity index (χ3n) is 2.88. The van der Waals surface area contributed by atoms with Crippen LogP contribution in [0.5, 0.6) is 5.75 Å². The molecule has 19 heavy (non-hydrogen) atoms. The van der Waals surface area contributed by atoms with Gasteiger partial charge in [-0.25, -0.2) is 4.79 Å². The van der Waals surface area contributed by atoms with Gasteiger partial charge in [0.25, 0.3) is 0 Å². The van der Waals surface area contributed by atoms with Crippen LogP contribution in [0, 0.1) is 0 Å². The van der Waals surface area contributed by atoms with E-state index in [1.807, 2.05) is 0 Å². The molecule has 0 radical (unpaired) electrons. The Kier molecular flexibility index (Phi) is 3.71. The molecule has 1 aromatic carbocycles. The van der Waals surface area contributed by atoms with E-state index in [0.29, 0.717) is 22.6 Å². The minimum Gasteiger partial charge on any atom is -0.497 e. The fourth-order valence-electron chi connectivity index (χ4n) is 2.03. The van der Waals surface area contributed by atoms with Crippen LogP contribution in [0.4, 0.5) is 5.69 Å². The van der Waals surface area contributed by atoms with Crippen molar-refractivity contribution in [2.75, 3.05) is 19.0 Å². The van der Waals surface area contributed by atoms with Crippen LogP contribution in [0.2, 0.25) is 0 Å². The Labute approximate surface area is 110 Å². The third kappa shape index (κ3) is 2.53. The lowest BCUT2D eigenvalue weighted by atomic mass is 10.0. The fourth-order valence-corrected chi connectivity index (χ4v) is 2.03. The number of nitrogens with one attached hydrogen (secondary N) is 1. The van der Waals surface area contributed by atoms with Crippen LogP contribution in [-0.2, 0) is 20.7 Å². The number of ether oxygens (including phenoxy) is 2. The zero-order valence-electron chi connectivity index (χ0n) is 10.7. The van der Waals surface area contributed by atoms with Gasteiger partial charge in [0.05, 0.1) is 25.8 Å². The molecule has 2 rings (SSSR count). The standard InChI is InChI=1S/C13H15NO5/c1-3-19-13(17)12(16)9-6-8(18-2)4-7-5-10(15)14-11(7)9/h4,6,12,16H,3,5H2,1-2H3,(H,14,15). The molecule has 1 unspecified atom stereocenters. The maximum atomic E-state index is 11.6. The largest absolute Gasteiger partial charge is 0.497 e. The summed E-state index contributed by atoms with van der Waals surface area (Å²) in [5, 5.41) is 12.6. The first kappa shape index (κ1) is 13.4. The predicted molar refractivity (Wildman–Crippen MR) is 66.9 cm³/mol. The van der Waals surface area contributed by atoms with E-state index in [2.05, 4.69) is 5.32 Å². The maximum Gasteiger partial charge on any atom is 0.339 e. The van der Waals surface area contributed by atoms with Crippen LogP contribution in [-0.4, -0.2) is 30.7 Å². The predicted octanol–water partition coefficient (Wildman–Crippen LogP) is 0.786. The smallest absolute Gasteiger partial charge is 0.339 e. The zero-order valence-corrected chi connectivity index (χ0v) is 10.7. The summed E-state index contributed by atoms with van der Waals surface area (Å²) in [5.41, 5.74) is 1.45. The lowest BCUT2D eigenvalue weighted by Gasteiger charge is -2.15. The number of carbonyl (C=O) groups excluding carboxylic acids is 2. The number of hydrogen-bond donors (Lipinski definition) is 2. The number of aliphatic hydroxyl groups is 1. The van der Waals surface area contributed by atoms with Crippen LogP contribution < -0.4 is 10.1 Å². The maximum absolute atomic E-state index is 11.6. The summed E-state index contributed by atoms with van der Waals surface area (Å²) in [5.74, 6) is -0.451. The van der Waals surface area contributed by atoms with Crippen molar-refractivity contribution < 1.29 is 24.2 Å². The number of anilines is 1. The Morgan fingerprint density at radius 1 is 1.53 bits per heavy atom. The normalized spacial score (nSPS) is 14.6. The molecule has 0 spiro atoms. The van der Waals surface area contributed by atoms with Gasteiger partial charge in [0.15, 0.2) is 6.10 Å².